The highest BCUT2D eigenvalue weighted by molar-refractivity contribution is 5.89. The number of benzene rings is 2. The fourth-order valence-corrected chi connectivity index (χ4v) is 2.49. The van der Waals surface area contributed by atoms with Gasteiger partial charge in [-0.1, -0.05) is 30.6 Å². The second-order valence-electron chi connectivity index (χ2n) is 5.87. The van der Waals surface area contributed by atoms with Crippen LogP contribution in [-0.4, -0.2) is 24.8 Å². The van der Waals surface area contributed by atoms with Gasteiger partial charge >= 0.3 is 5.97 Å². The van der Waals surface area contributed by atoms with E-state index in [0.29, 0.717) is 17.0 Å². The van der Waals surface area contributed by atoms with E-state index in [4.69, 9.17) is 14.0 Å². The van der Waals surface area contributed by atoms with Crippen molar-refractivity contribution in [3.05, 3.63) is 60.2 Å². The molecule has 0 aliphatic carbocycles. The van der Waals surface area contributed by atoms with Gasteiger partial charge in [0.1, 0.15) is 11.4 Å². The lowest BCUT2D eigenvalue weighted by molar-refractivity contribution is 0.0601. The van der Waals surface area contributed by atoms with E-state index in [1.54, 1.807) is 12.1 Å². The first-order valence-corrected chi connectivity index (χ1v) is 8.60. The quantitative estimate of drug-likeness (QED) is 0.444. The minimum atomic E-state index is -0.362. The summed E-state index contributed by atoms with van der Waals surface area (Å²) in [5.41, 5.74) is 3.00. The lowest BCUT2D eigenvalue weighted by Gasteiger charge is -2.05. The van der Waals surface area contributed by atoms with Crippen LogP contribution in [0.3, 0.4) is 0 Å². The molecule has 0 radical (unpaired) electrons. The molecule has 0 saturated carbocycles. The molecular formula is C21H21NO4. The third kappa shape index (κ3) is 4.11. The van der Waals surface area contributed by atoms with Gasteiger partial charge in [0.2, 0.25) is 0 Å². The van der Waals surface area contributed by atoms with E-state index < -0.39 is 0 Å². The van der Waals surface area contributed by atoms with Crippen molar-refractivity contribution in [2.24, 2.45) is 0 Å². The molecule has 0 saturated heterocycles. The standard InChI is InChI=1S/C21H21NO4/c1-3-4-13-25-18-11-9-16(10-12-18)20-14-19(22-26-20)15-5-7-17(8-6-15)21(23)24-2/h5-12,14H,3-4,13H2,1-2H3. The van der Waals surface area contributed by atoms with Crippen LogP contribution in [0.25, 0.3) is 22.6 Å². The topological polar surface area (TPSA) is 61.6 Å². The van der Waals surface area contributed by atoms with E-state index in [0.717, 1.165) is 36.3 Å². The smallest absolute Gasteiger partial charge is 0.337 e. The van der Waals surface area contributed by atoms with Crippen LogP contribution in [0.4, 0.5) is 0 Å². The third-order valence-electron chi connectivity index (χ3n) is 4.02. The van der Waals surface area contributed by atoms with Crippen LogP contribution >= 0.6 is 0 Å². The van der Waals surface area contributed by atoms with Gasteiger partial charge in [-0.15, -0.1) is 0 Å². The Morgan fingerprint density at radius 2 is 1.73 bits per heavy atom. The molecule has 0 aliphatic rings. The molecule has 0 amide bonds. The molecule has 2 aromatic carbocycles. The van der Waals surface area contributed by atoms with E-state index in [-0.39, 0.29) is 5.97 Å². The van der Waals surface area contributed by atoms with Crippen LogP contribution in [0.2, 0.25) is 0 Å². The average molecular weight is 351 g/mol. The molecule has 0 bridgehead atoms. The van der Waals surface area contributed by atoms with Gasteiger partial charge < -0.3 is 14.0 Å². The third-order valence-corrected chi connectivity index (χ3v) is 4.02. The number of esters is 1. The lowest BCUT2D eigenvalue weighted by atomic mass is 10.1. The molecule has 0 fully saturated rings. The Morgan fingerprint density at radius 3 is 2.38 bits per heavy atom. The Kier molecular flexibility index (Phi) is 5.69. The zero-order valence-corrected chi connectivity index (χ0v) is 14.9. The number of unbranched alkanes of at least 4 members (excludes halogenated alkanes) is 1. The number of nitrogens with zero attached hydrogens (tertiary/aromatic N) is 1. The first kappa shape index (κ1) is 17.7. The van der Waals surface area contributed by atoms with Gasteiger partial charge in [-0.2, -0.15) is 0 Å². The summed E-state index contributed by atoms with van der Waals surface area (Å²) in [7, 11) is 1.36. The first-order valence-electron chi connectivity index (χ1n) is 8.60. The van der Waals surface area contributed by atoms with Gasteiger partial charge in [-0.05, 0) is 42.8 Å². The molecule has 0 atom stereocenters. The highest BCUT2D eigenvalue weighted by Gasteiger charge is 2.10. The Balaban J connectivity index is 1.72. The molecule has 26 heavy (non-hydrogen) atoms. The van der Waals surface area contributed by atoms with Gasteiger partial charge in [0, 0.05) is 17.2 Å². The maximum Gasteiger partial charge on any atom is 0.337 e. The van der Waals surface area contributed by atoms with Gasteiger partial charge in [-0.3, -0.25) is 0 Å². The van der Waals surface area contributed by atoms with Gasteiger partial charge in [0.05, 0.1) is 19.3 Å². The fourth-order valence-electron chi connectivity index (χ4n) is 2.49. The van der Waals surface area contributed by atoms with Crippen molar-refractivity contribution >= 4 is 5.97 Å². The summed E-state index contributed by atoms with van der Waals surface area (Å²) in [6.45, 7) is 2.86. The molecule has 3 aromatic rings. The number of methoxy groups -OCH3 is 1. The zero-order valence-electron chi connectivity index (χ0n) is 14.9. The van der Waals surface area contributed by atoms with E-state index in [1.165, 1.54) is 7.11 Å². The lowest BCUT2D eigenvalue weighted by Crippen LogP contribution is -2.00. The Morgan fingerprint density at radius 1 is 1.04 bits per heavy atom. The molecule has 3 rings (SSSR count). The van der Waals surface area contributed by atoms with Crippen molar-refractivity contribution in [2.45, 2.75) is 19.8 Å². The predicted octanol–water partition coefficient (Wildman–Crippen LogP) is 4.97. The van der Waals surface area contributed by atoms with Gasteiger partial charge in [0.15, 0.2) is 5.76 Å². The number of rotatable bonds is 7. The van der Waals surface area contributed by atoms with Gasteiger partial charge in [-0.25, -0.2) is 4.79 Å². The van der Waals surface area contributed by atoms with Crippen molar-refractivity contribution in [1.82, 2.24) is 5.16 Å². The van der Waals surface area contributed by atoms with Crippen LogP contribution in [0.5, 0.6) is 5.75 Å². The number of aromatic nitrogens is 1. The molecule has 1 aromatic heterocycles. The number of hydrogen-bond acceptors (Lipinski definition) is 5. The SMILES string of the molecule is CCCCOc1ccc(-c2cc(-c3ccc(C(=O)OC)cc3)no2)cc1. The van der Waals surface area contributed by atoms with E-state index in [1.807, 2.05) is 42.5 Å². The van der Waals surface area contributed by atoms with Crippen LogP contribution in [0, 0.1) is 0 Å². The minimum Gasteiger partial charge on any atom is -0.494 e. The maximum absolute atomic E-state index is 11.5. The fraction of sp³-hybridized carbons (Fsp3) is 0.238. The molecule has 5 nitrogen and oxygen atoms in total. The van der Waals surface area contributed by atoms with Crippen molar-refractivity contribution in [1.29, 1.82) is 0 Å². The highest BCUT2D eigenvalue weighted by Crippen LogP contribution is 2.27. The van der Waals surface area contributed by atoms with Crippen LogP contribution < -0.4 is 4.74 Å². The summed E-state index contributed by atoms with van der Waals surface area (Å²) in [5, 5.41) is 4.12. The highest BCUT2D eigenvalue weighted by atomic mass is 16.5. The minimum absolute atomic E-state index is 0.362. The molecule has 0 N–H and O–H groups in total. The number of carbonyl (C=O) groups excluding carboxylic acids is 1. The first-order chi connectivity index (χ1) is 12.7. The van der Waals surface area contributed by atoms with Crippen LogP contribution in [-0.2, 0) is 4.74 Å². The Labute approximate surface area is 152 Å². The molecule has 134 valence electrons. The summed E-state index contributed by atoms with van der Waals surface area (Å²) >= 11 is 0. The largest absolute Gasteiger partial charge is 0.494 e. The van der Waals surface area contributed by atoms with E-state index in [2.05, 4.69) is 12.1 Å². The van der Waals surface area contributed by atoms with Gasteiger partial charge in [0.25, 0.3) is 0 Å². The maximum atomic E-state index is 11.5. The van der Waals surface area contributed by atoms with Crippen molar-refractivity contribution in [3.63, 3.8) is 0 Å². The van der Waals surface area contributed by atoms with E-state index >= 15 is 0 Å². The van der Waals surface area contributed by atoms with Crippen molar-refractivity contribution in [2.75, 3.05) is 13.7 Å². The Hall–Kier alpha value is -3.08. The molecule has 0 spiro atoms. The Bertz CT molecular complexity index is 850. The number of carbonyl (C=O) groups is 1. The monoisotopic (exact) mass is 351 g/mol. The summed E-state index contributed by atoms with van der Waals surface area (Å²) < 4.78 is 15.8. The van der Waals surface area contributed by atoms with Crippen LogP contribution in [0.15, 0.2) is 59.1 Å². The normalized spacial score (nSPS) is 10.5. The second-order valence-corrected chi connectivity index (χ2v) is 5.87. The second kappa shape index (κ2) is 8.34. The zero-order chi connectivity index (χ0) is 18.4. The van der Waals surface area contributed by atoms with Crippen LogP contribution in [0.1, 0.15) is 30.1 Å². The summed E-state index contributed by atoms with van der Waals surface area (Å²) in [6, 6.07) is 16.7. The molecule has 1 heterocycles. The predicted molar refractivity (Wildman–Crippen MR) is 99.1 cm³/mol. The van der Waals surface area contributed by atoms with Crippen molar-refractivity contribution in [3.8, 4) is 28.3 Å². The summed E-state index contributed by atoms with van der Waals surface area (Å²) in [5.74, 6) is 1.16. The molecule has 0 unspecified atom stereocenters. The summed E-state index contributed by atoms with van der Waals surface area (Å²) in [4.78, 5) is 11.5. The molecular weight excluding hydrogens is 330 g/mol. The van der Waals surface area contributed by atoms with E-state index in [9.17, 15) is 4.79 Å². The molecule has 0 aliphatic heterocycles. The summed E-state index contributed by atoms with van der Waals surface area (Å²) in [6.07, 6.45) is 2.15. The molecule has 5 heteroatoms. The number of hydrogen-bond donors (Lipinski definition) is 0. The number of ether oxygens (including phenoxy) is 2. The average Bonchev–Trinajstić information content (AvgIpc) is 3.18. The van der Waals surface area contributed by atoms with Crippen molar-refractivity contribution < 1.29 is 18.8 Å².